The number of piperidine rings is 1. The van der Waals surface area contributed by atoms with Crippen molar-refractivity contribution in [2.45, 2.75) is 32.7 Å². The zero-order chi connectivity index (χ0) is 19.1. The summed E-state index contributed by atoms with van der Waals surface area (Å²) in [5, 5.41) is 0. The number of hydrogen-bond donors (Lipinski definition) is 0. The Hall–Kier alpha value is -2.08. The van der Waals surface area contributed by atoms with E-state index in [9.17, 15) is 9.59 Å². The van der Waals surface area contributed by atoms with Gasteiger partial charge in [-0.05, 0) is 26.3 Å². The third-order valence-corrected chi connectivity index (χ3v) is 5.09. The van der Waals surface area contributed by atoms with E-state index in [0.29, 0.717) is 44.8 Å². The van der Waals surface area contributed by atoms with Gasteiger partial charge < -0.3 is 19.3 Å². The topological polar surface area (TPSA) is 59.1 Å². The molecule has 144 valence electrons. The van der Waals surface area contributed by atoms with Gasteiger partial charge in [-0.3, -0.25) is 9.59 Å². The van der Waals surface area contributed by atoms with Crippen molar-refractivity contribution < 1.29 is 19.1 Å². The maximum absolute atomic E-state index is 13.2. The number of methoxy groups -OCH3 is 2. The molecule has 1 aromatic rings. The van der Waals surface area contributed by atoms with Crippen LogP contribution in [0.2, 0.25) is 0 Å². The number of carbonyl (C=O) groups excluding carboxylic acids is 2. The van der Waals surface area contributed by atoms with Crippen molar-refractivity contribution in [2.75, 3.05) is 40.5 Å². The highest BCUT2D eigenvalue weighted by Gasteiger charge is 2.42. The van der Waals surface area contributed by atoms with Gasteiger partial charge >= 0.3 is 0 Å². The highest BCUT2D eigenvalue weighted by atomic mass is 16.5. The van der Waals surface area contributed by atoms with E-state index < -0.39 is 0 Å². The Morgan fingerprint density at radius 3 is 2.54 bits per heavy atom. The van der Waals surface area contributed by atoms with Crippen molar-refractivity contribution in [1.82, 2.24) is 9.80 Å². The van der Waals surface area contributed by atoms with Crippen LogP contribution in [0.3, 0.4) is 0 Å². The van der Waals surface area contributed by atoms with Gasteiger partial charge in [0.25, 0.3) is 0 Å². The molecule has 0 saturated carbocycles. The molecule has 0 aliphatic carbocycles. The second kappa shape index (κ2) is 9.57. The van der Waals surface area contributed by atoms with Crippen molar-refractivity contribution in [3.05, 3.63) is 29.8 Å². The van der Waals surface area contributed by atoms with E-state index in [4.69, 9.17) is 9.47 Å². The summed E-state index contributed by atoms with van der Waals surface area (Å²) in [5.74, 6) is 0.579. The second-order valence-corrected chi connectivity index (χ2v) is 6.42. The Bertz CT molecular complexity index is 616. The minimum Gasteiger partial charge on any atom is -0.496 e. The third-order valence-electron chi connectivity index (χ3n) is 5.09. The Morgan fingerprint density at radius 1 is 1.23 bits per heavy atom. The predicted octanol–water partition coefficient (Wildman–Crippen LogP) is 2.49. The maximum Gasteiger partial charge on any atom is 0.228 e. The number of ether oxygens (including phenoxy) is 2. The van der Waals surface area contributed by atoms with Crippen LogP contribution in [0.15, 0.2) is 24.3 Å². The molecule has 2 rings (SSSR count). The lowest BCUT2D eigenvalue weighted by atomic mass is 9.82. The van der Waals surface area contributed by atoms with E-state index >= 15 is 0 Å². The van der Waals surface area contributed by atoms with Crippen LogP contribution in [0.25, 0.3) is 0 Å². The SMILES string of the molecule is CCN(CC)C(=O)[C@@H]1CCC(=O)N(CCOC)[C@H]1c1ccccc1OC. The molecule has 1 heterocycles. The van der Waals surface area contributed by atoms with Crippen LogP contribution in [-0.2, 0) is 14.3 Å². The van der Waals surface area contributed by atoms with Crippen LogP contribution < -0.4 is 4.74 Å². The van der Waals surface area contributed by atoms with Gasteiger partial charge in [0.2, 0.25) is 11.8 Å². The zero-order valence-corrected chi connectivity index (χ0v) is 16.2. The molecule has 0 bridgehead atoms. The molecule has 0 spiro atoms. The normalized spacial score (nSPS) is 20.2. The van der Waals surface area contributed by atoms with Crippen LogP contribution in [0.4, 0.5) is 0 Å². The van der Waals surface area contributed by atoms with Gasteiger partial charge in [-0.2, -0.15) is 0 Å². The van der Waals surface area contributed by atoms with E-state index in [2.05, 4.69) is 0 Å². The van der Waals surface area contributed by atoms with Crippen molar-refractivity contribution in [1.29, 1.82) is 0 Å². The molecular formula is C20H30N2O4. The van der Waals surface area contributed by atoms with Gasteiger partial charge in [0.15, 0.2) is 0 Å². The molecule has 6 heteroatoms. The number of likely N-dealkylation sites (tertiary alicyclic amines) is 1. The Balaban J connectivity index is 2.48. The standard InChI is InChI=1S/C20H30N2O4/c1-5-21(6-2)20(24)16-11-12-18(23)22(13-14-25-3)19(16)15-9-7-8-10-17(15)26-4/h7-10,16,19H,5-6,11-14H2,1-4H3/t16-,19+/m1/s1. The summed E-state index contributed by atoms with van der Waals surface area (Å²) in [6, 6.07) is 7.31. The molecule has 2 amide bonds. The van der Waals surface area contributed by atoms with Gasteiger partial charge in [-0.25, -0.2) is 0 Å². The number of benzene rings is 1. The third kappa shape index (κ3) is 4.18. The highest BCUT2D eigenvalue weighted by molar-refractivity contribution is 5.85. The van der Waals surface area contributed by atoms with Crippen LogP contribution >= 0.6 is 0 Å². The van der Waals surface area contributed by atoms with Gasteiger partial charge in [-0.15, -0.1) is 0 Å². The molecule has 0 radical (unpaired) electrons. The van der Waals surface area contributed by atoms with Crippen molar-refractivity contribution in [3.63, 3.8) is 0 Å². The van der Waals surface area contributed by atoms with Crippen LogP contribution in [0.5, 0.6) is 5.75 Å². The molecular weight excluding hydrogens is 332 g/mol. The summed E-state index contributed by atoms with van der Waals surface area (Å²) < 4.78 is 10.7. The fourth-order valence-electron chi connectivity index (χ4n) is 3.73. The lowest BCUT2D eigenvalue weighted by Crippen LogP contribution is -2.50. The Morgan fingerprint density at radius 2 is 1.92 bits per heavy atom. The highest BCUT2D eigenvalue weighted by Crippen LogP contribution is 2.41. The monoisotopic (exact) mass is 362 g/mol. The lowest BCUT2D eigenvalue weighted by molar-refractivity contribution is -0.148. The van der Waals surface area contributed by atoms with Crippen molar-refractivity contribution in [3.8, 4) is 5.75 Å². The summed E-state index contributed by atoms with van der Waals surface area (Å²) in [5.41, 5.74) is 0.879. The minimum atomic E-state index is -0.337. The summed E-state index contributed by atoms with van der Waals surface area (Å²) in [6.07, 6.45) is 0.938. The molecule has 26 heavy (non-hydrogen) atoms. The summed E-state index contributed by atoms with van der Waals surface area (Å²) in [6.45, 7) is 6.18. The fraction of sp³-hybridized carbons (Fsp3) is 0.600. The average molecular weight is 362 g/mol. The van der Waals surface area contributed by atoms with Gasteiger partial charge in [0.05, 0.1) is 25.7 Å². The lowest BCUT2D eigenvalue weighted by Gasteiger charge is -2.42. The summed E-state index contributed by atoms with van der Waals surface area (Å²) >= 11 is 0. The van der Waals surface area contributed by atoms with Crippen molar-refractivity contribution >= 4 is 11.8 Å². The quantitative estimate of drug-likeness (QED) is 0.713. The van der Waals surface area contributed by atoms with Crippen LogP contribution in [-0.4, -0.2) is 62.1 Å². The number of hydrogen-bond acceptors (Lipinski definition) is 4. The summed E-state index contributed by atoms with van der Waals surface area (Å²) in [4.78, 5) is 29.5. The molecule has 0 N–H and O–H groups in total. The van der Waals surface area contributed by atoms with E-state index in [1.807, 2.05) is 43.0 Å². The number of para-hydroxylation sites is 1. The molecule has 1 aliphatic rings. The molecule has 6 nitrogen and oxygen atoms in total. The second-order valence-electron chi connectivity index (χ2n) is 6.42. The average Bonchev–Trinajstić information content (AvgIpc) is 2.67. The van der Waals surface area contributed by atoms with Crippen LogP contribution in [0, 0.1) is 5.92 Å². The van der Waals surface area contributed by atoms with Gasteiger partial charge in [0, 0.05) is 38.7 Å². The van der Waals surface area contributed by atoms with Crippen LogP contribution in [0.1, 0.15) is 38.3 Å². The molecule has 1 saturated heterocycles. The fourth-order valence-corrected chi connectivity index (χ4v) is 3.73. The van der Waals surface area contributed by atoms with Gasteiger partial charge in [-0.1, -0.05) is 18.2 Å². The first-order valence-electron chi connectivity index (χ1n) is 9.29. The number of carbonyl (C=O) groups is 2. The van der Waals surface area contributed by atoms with E-state index in [0.717, 1.165) is 5.56 Å². The minimum absolute atomic E-state index is 0.0570. The molecule has 1 aromatic carbocycles. The summed E-state index contributed by atoms with van der Waals surface area (Å²) in [7, 11) is 3.23. The number of nitrogens with zero attached hydrogens (tertiary/aromatic N) is 2. The van der Waals surface area contributed by atoms with Gasteiger partial charge in [0.1, 0.15) is 5.75 Å². The molecule has 1 aliphatic heterocycles. The first kappa shape index (κ1) is 20.2. The first-order valence-corrected chi connectivity index (χ1v) is 9.29. The predicted molar refractivity (Wildman–Crippen MR) is 100.0 cm³/mol. The molecule has 0 unspecified atom stereocenters. The largest absolute Gasteiger partial charge is 0.496 e. The Labute approximate surface area is 156 Å². The van der Waals surface area contributed by atoms with E-state index in [1.54, 1.807) is 19.1 Å². The Kier molecular flexibility index (Phi) is 7.45. The maximum atomic E-state index is 13.2. The zero-order valence-electron chi connectivity index (χ0n) is 16.2. The van der Waals surface area contributed by atoms with E-state index in [1.165, 1.54) is 0 Å². The smallest absolute Gasteiger partial charge is 0.228 e. The molecule has 1 fully saturated rings. The number of amides is 2. The molecule has 2 atom stereocenters. The van der Waals surface area contributed by atoms with E-state index in [-0.39, 0.29) is 23.8 Å². The first-order chi connectivity index (χ1) is 12.6. The number of rotatable bonds is 8. The molecule has 0 aromatic heterocycles. The van der Waals surface area contributed by atoms with Crippen molar-refractivity contribution in [2.24, 2.45) is 5.92 Å².